The Labute approximate surface area is 153 Å². The van der Waals surface area contributed by atoms with Crippen molar-refractivity contribution in [1.82, 2.24) is 14.7 Å². The van der Waals surface area contributed by atoms with Crippen molar-refractivity contribution in [3.05, 3.63) is 0 Å². The first-order chi connectivity index (χ1) is 11.7. The number of carbonyl (C=O) groups excluding carboxylic acids is 1. The van der Waals surface area contributed by atoms with Crippen molar-refractivity contribution in [3.63, 3.8) is 0 Å². The van der Waals surface area contributed by atoms with E-state index in [1.807, 2.05) is 0 Å². The van der Waals surface area contributed by atoms with E-state index in [9.17, 15) is 4.79 Å². The van der Waals surface area contributed by atoms with Crippen LogP contribution in [0.15, 0.2) is 0 Å². The lowest BCUT2D eigenvalue weighted by atomic mass is 9.74. The number of carbonyl (C=O) groups is 1. The number of likely N-dealkylation sites (tertiary alicyclic amines) is 1. The fourth-order valence-corrected chi connectivity index (χ4v) is 4.80. The molecule has 0 saturated carbocycles. The molecule has 3 fully saturated rings. The minimum atomic E-state index is -0.0541. The molecular weight excluding hydrogens is 314 g/mol. The molecule has 1 amide bonds. The monoisotopic (exact) mass is 351 g/mol. The molecule has 0 N–H and O–H groups in total. The molecule has 0 bridgehead atoms. The first-order valence-corrected chi connectivity index (χ1v) is 10.1. The molecule has 25 heavy (non-hydrogen) atoms. The van der Waals surface area contributed by atoms with E-state index in [1.165, 1.54) is 6.42 Å². The van der Waals surface area contributed by atoms with Crippen molar-refractivity contribution in [2.75, 3.05) is 45.8 Å². The highest BCUT2D eigenvalue weighted by atomic mass is 16.5. The molecule has 5 heteroatoms. The lowest BCUT2D eigenvalue weighted by Crippen LogP contribution is -2.60. The molecule has 0 aliphatic carbocycles. The smallest absolute Gasteiger partial charge is 0.236 e. The third-order valence-corrected chi connectivity index (χ3v) is 6.64. The fourth-order valence-electron chi connectivity index (χ4n) is 4.80. The van der Waals surface area contributed by atoms with Crippen LogP contribution in [0.1, 0.15) is 53.9 Å². The maximum absolute atomic E-state index is 12.8. The summed E-state index contributed by atoms with van der Waals surface area (Å²) in [6.45, 7) is 17.6. The fraction of sp³-hybridized carbons (Fsp3) is 0.950. The SMILES string of the molecule is CC(C)N1CCN(CC(=O)N2CC[C@@]3(C)OC(C)(C)CC[C@H]3C2)CC1. The molecule has 5 nitrogen and oxygen atoms in total. The highest BCUT2D eigenvalue weighted by Crippen LogP contribution is 2.43. The number of rotatable bonds is 3. The molecule has 0 spiro atoms. The average Bonchev–Trinajstić information content (AvgIpc) is 2.53. The number of amides is 1. The van der Waals surface area contributed by atoms with E-state index in [4.69, 9.17) is 4.74 Å². The van der Waals surface area contributed by atoms with Crippen LogP contribution >= 0.6 is 0 Å². The van der Waals surface area contributed by atoms with Gasteiger partial charge < -0.3 is 9.64 Å². The van der Waals surface area contributed by atoms with Gasteiger partial charge in [-0.25, -0.2) is 0 Å². The van der Waals surface area contributed by atoms with Crippen LogP contribution in [0.3, 0.4) is 0 Å². The molecule has 3 rings (SSSR count). The van der Waals surface area contributed by atoms with Gasteiger partial charge in [-0.15, -0.1) is 0 Å². The van der Waals surface area contributed by atoms with Crippen LogP contribution in [0.5, 0.6) is 0 Å². The summed E-state index contributed by atoms with van der Waals surface area (Å²) in [6, 6.07) is 0.605. The Morgan fingerprint density at radius 3 is 2.40 bits per heavy atom. The Kier molecular flexibility index (Phi) is 5.48. The molecule has 0 unspecified atom stereocenters. The van der Waals surface area contributed by atoms with Gasteiger partial charge in [-0.3, -0.25) is 14.6 Å². The number of hydrogen-bond acceptors (Lipinski definition) is 4. The molecule has 144 valence electrons. The summed E-state index contributed by atoms with van der Waals surface area (Å²) in [6.07, 6.45) is 3.22. The average molecular weight is 352 g/mol. The Morgan fingerprint density at radius 2 is 1.76 bits per heavy atom. The lowest BCUT2D eigenvalue weighted by molar-refractivity contribution is -0.214. The van der Waals surface area contributed by atoms with Gasteiger partial charge in [0.25, 0.3) is 0 Å². The van der Waals surface area contributed by atoms with Gasteiger partial charge in [-0.1, -0.05) is 0 Å². The summed E-state index contributed by atoms with van der Waals surface area (Å²) in [7, 11) is 0. The van der Waals surface area contributed by atoms with Crippen molar-refractivity contribution in [1.29, 1.82) is 0 Å². The molecule has 0 radical (unpaired) electrons. The zero-order chi connectivity index (χ0) is 18.2. The van der Waals surface area contributed by atoms with Crippen molar-refractivity contribution in [3.8, 4) is 0 Å². The molecule has 2 atom stereocenters. The second-order valence-electron chi connectivity index (χ2n) is 9.41. The zero-order valence-electron chi connectivity index (χ0n) is 16.9. The molecule has 0 aromatic heterocycles. The van der Waals surface area contributed by atoms with Crippen LogP contribution in [0.25, 0.3) is 0 Å². The number of ether oxygens (including phenoxy) is 1. The topological polar surface area (TPSA) is 36.0 Å². The molecule has 3 aliphatic heterocycles. The summed E-state index contributed by atoms with van der Waals surface area (Å²) >= 11 is 0. The Morgan fingerprint density at radius 1 is 1.08 bits per heavy atom. The number of fused-ring (bicyclic) bond motifs is 1. The summed E-state index contributed by atoms with van der Waals surface area (Å²) in [5.74, 6) is 0.792. The third kappa shape index (κ3) is 4.37. The van der Waals surface area contributed by atoms with E-state index >= 15 is 0 Å². The van der Waals surface area contributed by atoms with Gasteiger partial charge >= 0.3 is 0 Å². The van der Waals surface area contributed by atoms with Gasteiger partial charge in [0, 0.05) is 51.2 Å². The Balaban J connectivity index is 1.50. The zero-order valence-corrected chi connectivity index (χ0v) is 16.9. The Bertz CT molecular complexity index is 485. The Hall–Kier alpha value is -0.650. The number of hydrogen-bond donors (Lipinski definition) is 0. The summed E-state index contributed by atoms with van der Waals surface area (Å²) < 4.78 is 6.42. The van der Waals surface area contributed by atoms with Crippen molar-refractivity contribution in [2.45, 2.75) is 71.1 Å². The highest BCUT2D eigenvalue weighted by Gasteiger charge is 2.47. The van der Waals surface area contributed by atoms with Gasteiger partial charge in [-0.05, 0) is 53.9 Å². The van der Waals surface area contributed by atoms with E-state index in [1.54, 1.807) is 0 Å². The maximum atomic E-state index is 12.8. The molecule has 3 heterocycles. The molecular formula is C20H37N3O2. The van der Waals surface area contributed by atoms with Gasteiger partial charge in [-0.2, -0.15) is 0 Å². The van der Waals surface area contributed by atoms with Crippen LogP contribution < -0.4 is 0 Å². The van der Waals surface area contributed by atoms with Crippen molar-refractivity contribution >= 4 is 5.91 Å². The second-order valence-corrected chi connectivity index (χ2v) is 9.41. The molecule has 3 aliphatic rings. The molecule has 0 aromatic rings. The van der Waals surface area contributed by atoms with Crippen molar-refractivity contribution in [2.24, 2.45) is 5.92 Å². The first kappa shape index (κ1) is 19.1. The standard InChI is InChI=1S/C20H37N3O2/c1-16(2)22-12-10-21(11-13-22)15-18(24)23-9-8-20(5)17(14-23)6-7-19(3,4)25-20/h16-17H,6-15H2,1-5H3/t17-,20+/m0/s1. The quantitative estimate of drug-likeness (QED) is 0.781. The van der Waals surface area contributed by atoms with E-state index < -0.39 is 0 Å². The van der Waals surface area contributed by atoms with Gasteiger partial charge in [0.1, 0.15) is 0 Å². The van der Waals surface area contributed by atoms with Crippen molar-refractivity contribution < 1.29 is 9.53 Å². The van der Waals surface area contributed by atoms with Crippen LogP contribution in [-0.2, 0) is 9.53 Å². The van der Waals surface area contributed by atoms with Crippen LogP contribution in [0.2, 0.25) is 0 Å². The summed E-state index contributed by atoms with van der Waals surface area (Å²) in [5, 5.41) is 0. The highest BCUT2D eigenvalue weighted by molar-refractivity contribution is 5.78. The number of nitrogens with zero attached hydrogens (tertiary/aromatic N) is 3. The van der Waals surface area contributed by atoms with Gasteiger partial charge in [0.05, 0.1) is 17.7 Å². The van der Waals surface area contributed by atoms with Gasteiger partial charge in [0.2, 0.25) is 5.91 Å². The van der Waals surface area contributed by atoms with E-state index in [-0.39, 0.29) is 11.2 Å². The lowest BCUT2D eigenvalue weighted by Gasteiger charge is -2.53. The van der Waals surface area contributed by atoms with E-state index in [0.29, 0.717) is 24.4 Å². The number of piperidine rings is 1. The predicted molar refractivity (Wildman–Crippen MR) is 101 cm³/mol. The van der Waals surface area contributed by atoms with E-state index in [2.05, 4.69) is 49.3 Å². The number of piperazine rings is 1. The van der Waals surface area contributed by atoms with E-state index in [0.717, 1.165) is 52.1 Å². The summed E-state index contributed by atoms with van der Waals surface area (Å²) in [5.41, 5.74) is -0.0745. The molecule has 3 saturated heterocycles. The van der Waals surface area contributed by atoms with Crippen LogP contribution in [0, 0.1) is 5.92 Å². The normalized spacial score (nSPS) is 34.2. The third-order valence-electron chi connectivity index (χ3n) is 6.64. The maximum Gasteiger partial charge on any atom is 0.236 e. The largest absolute Gasteiger partial charge is 0.369 e. The van der Waals surface area contributed by atoms with Crippen LogP contribution in [-0.4, -0.2) is 83.7 Å². The molecule has 0 aromatic carbocycles. The minimum Gasteiger partial charge on any atom is -0.369 e. The second kappa shape index (κ2) is 7.16. The van der Waals surface area contributed by atoms with Crippen LogP contribution in [0.4, 0.5) is 0 Å². The summed E-state index contributed by atoms with van der Waals surface area (Å²) in [4.78, 5) is 19.7. The van der Waals surface area contributed by atoms with Gasteiger partial charge in [0.15, 0.2) is 0 Å². The first-order valence-electron chi connectivity index (χ1n) is 10.1. The minimum absolute atomic E-state index is 0.0203. The predicted octanol–water partition coefficient (Wildman–Crippen LogP) is 2.21.